The lowest BCUT2D eigenvalue weighted by Gasteiger charge is -1.97. The Morgan fingerprint density at radius 3 is 3.23 bits per heavy atom. The van der Waals surface area contributed by atoms with Gasteiger partial charge in [0.1, 0.15) is 0 Å². The summed E-state index contributed by atoms with van der Waals surface area (Å²) in [5.41, 5.74) is 0. The Bertz CT molecular complexity index is 268. The highest BCUT2D eigenvalue weighted by atomic mass is 16.5. The average Bonchev–Trinajstić information content (AvgIpc) is 2.70. The zero-order chi connectivity index (χ0) is 9.10. The van der Waals surface area contributed by atoms with E-state index >= 15 is 0 Å². The molecule has 0 aliphatic carbocycles. The molecule has 1 saturated heterocycles. The van der Waals surface area contributed by atoms with Crippen LogP contribution in [0.15, 0.2) is 4.52 Å². The van der Waals surface area contributed by atoms with Gasteiger partial charge in [-0.3, -0.25) is 0 Å². The molecule has 72 valence electrons. The molecule has 0 spiro atoms. The molecule has 0 saturated carbocycles. The second-order valence-corrected chi connectivity index (χ2v) is 3.14. The number of rotatable bonds is 3. The molecule has 0 bridgehead atoms. The minimum absolute atomic E-state index is 0.328. The highest BCUT2D eigenvalue weighted by molar-refractivity contribution is 4.97. The standard InChI is InChI=1S/C8H13N3O2/c1-9-4-7-10-8(11-13-7)6-2-3-12-5-6/h6,9H,2-5H2,1H3. The average molecular weight is 183 g/mol. The fourth-order valence-corrected chi connectivity index (χ4v) is 1.40. The van der Waals surface area contributed by atoms with Crippen LogP contribution in [0.3, 0.4) is 0 Å². The Labute approximate surface area is 76.5 Å². The fourth-order valence-electron chi connectivity index (χ4n) is 1.40. The molecule has 0 amide bonds. The summed E-state index contributed by atoms with van der Waals surface area (Å²) in [7, 11) is 1.85. The summed E-state index contributed by atoms with van der Waals surface area (Å²) in [6.07, 6.45) is 0.999. The molecule has 1 N–H and O–H groups in total. The van der Waals surface area contributed by atoms with Gasteiger partial charge < -0.3 is 14.6 Å². The normalized spacial score (nSPS) is 22.4. The van der Waals surface area contributed by atoms with Gasteiger partial charge in [-0.05, 0) is 13.5 Å². The lowest BCUT2D eigenvalue weighted by atomic mass is 10.1. The second kappa shape index (κ2) is 3.85. The van der Waals surface area contributed by atoms with Gasteiger partial charge in [0, 0.05) is 12.5 Å². The van der Waals surface area contributed by atoms with Crippen LogP contribution >= 0.6 is 0 Å². The zero-order valence-electron chi connectivity index (χ0n) is 7.62. The number of hydrogen-bond donors (Lipinski definition) is 1. The lowest BCUT2D eigenvalue weighted by Crippen LogP contribution is -2.06. The zero-order valence-corrected chi connectivity index (χ0v) is 7.62. The van der Waals surface area contributed by atoms with Crippen molar-refractivity contribution in [3.63, 3.8) is 0 Å². The Morgan fingerprint density at radius 2 is 2.54 bits per heavy atom. The fraction of sp³-hybridized carbons (Fsp3) is 0.750. The maximum absolute atomic E-state index is 5.24. The van der Waals surface area contributed by atoms with Crippen LogP contribution in [-0.2, 0) is 11.3 Å². The van der Waals surface area contributed by atoms with Gasteiger partial charge in [-0.1, -0.05) is 5.16 Å². The van der Waals surface area contributed by atoms with Crippen LogP contribution in [-0.4, -0.2) is 30.4 Å². The van der Waals surface area contributed by atoms with Gasteiger partial charge in [-0.2, -0.15) is 4.98 Å². The quantitative estimate of drug-likeness (QED) is 0.730. The van der Waals surface area contributed by atoms with E-state index in [1.165, 1.54) is 0 Å². The summed E-state index contributed by atoms with van der Waals surface area (Å²) in [5, 5.41) is 6.87. The number of nitrogens with one attached hydrogen (secondary N) is 1. The lowest BCUT2D eigenvalue weighted by molar-refractivity contribution is 0.192. The number of nitrogens with zero attached hydrogens (tertiary/aromatic N) is 2. The van der Waals surface area contributed by atoms with E-state index in [0.717, 1.165) is 25.5 Å². The van der Waals surface area contributed by atoms with Crippen LogP contribution in [0, 0.1) is 0 Å². The molecule has 5 nitrogen and oxygen atoms in total. The molecule has 2 heterocycles. The summed E-state index contributed by atoms with van der Waals surface area (Å²) in [5.74, 6) is 1.75. The van der Waals surface area contributed by atoms with Crippen LogP contribution in [0.2, 0.25) is 0 Å². The maximum Gasteiger partial charge on any atom is 0.240 e. The molecule has 2 rings (SSSR count). The van der Waals surface area contributed by atoms with E-state index in [4.69, 9.17) is 9.26 Å². The van der Waals surface area contributed by atoms with Crippen molar-refractivity contribution in [1.29, 1.82) is 0 Å². The predicted molar refractivity (Wildman–Crippen MR) is 45.2 cm³/mol. The van der Waals surface area contributed by atoms with Gasteiger partial charge in [-0.15, -0.1) is 0 Å². The number of aromatic nitrogens is 2. The maximum atomic E-state index is 5.24. The van der Waals surface area contributed by atoms with Crippen molar-refractivity contribution in [2.75, 3.05) is 20.3 Å². The third-order valence-electron chi connectivity index (χ3n) is 2.11. The first kappa shape index (κ1) is 8.65. The third kappa shape index (κ3) is 1.87. The van der Waals surface area contributed by atoms with E-state index in [1.54, 1.807) is 0 Å². The van der Waals surface area contributed by atoms with Crippen molar-refractivity contribution in [2.24, 2.45) is 0 Å². The molecule has 1 aliphatic heterocycles. The predicted octanol–water partition coefficient (Wildman–Crippen LogP) is 0.293. The molecule has 1 fully saturated rings. The SMILES string of the molecule is CNCc1nc(C2CCOC2)no1. The van der Waals surface area contributed by atoms with E-state index in [2.05, 4.69) is 15.5 Å². The monoisotopic (exact) mass is 183 g/mol. The Hall–Kier alpha value is -0.940. The van der Waals surface area contributed by atoms with Gasteiger partial charge in [0.2, 0.25) is 5.89 Å². The minimum Gasteiger partial charge on any atom is -0.381 e. The molecule has 1 aliphatic rings. The first-order valence-electron chi connectivity index (χ1n) is 4.45. The second-order valence-electron chi connectivity index (χ2n) is 3.14. The Balaban J connectivity index is 2.03. The van der Waals surface area contributed by atoms with Crippen molar-refractivity contribution in [3.8, 4) is 0 Å². The summed E-state index contributed by atoms with van der Waals surface area (Å²) in [6.45, 7) is 2.15. The van der Waals surface area contributed by atoms with Gasteiger partial charge >= 0.3 is 0 Å². The Kier molecular flexibility index (Phi) is 2.56. The van der Waals surface area contributed by atoms with Crippen molar-refractivity contribution < 1.29 is 9.26 Å². The third-order valence-corrected chi connectivity index (χ3v) is 2.11. The summed E-state index contributed by atoms with van der Waals surface area (Å²) in [6, 6.07) is 0. The molecule has 1 atom stereocenters. The highest BCUT2D eigenvalue weighted by Crippen LogP contribution is 2.22. The van der Waals surface area contributed by atoms with Crippen LogP contribution in [0.1, 0.15) is 24.1 Å². The molecular formula is C8H13N3O2. The van der Waals surface area contributed by atoms with Crippen molar-refractivity contribution in [3.05, 3.63) is 11.7 Å². The number of hydrogen-bond acceptors (Lipinski definition) is 5. The van der Waals surface area contributed by atoms with Crippen molar-refractivity contribution in [1.82, 2.24) is 15.5 Å². The van der Waals surface area contributed by atoms with E-state index in [1.807, 2.05) is 7.05 Å². The van der Waals surface area contributed by atoms with Crippen LogP contribution in [0.5, 0.6) is 0 Å². The Morgan fingerprint density at radius 1 is 1.62 bits per heavy atom. The van der Waals surface area contributed by atoms with E-state index in [0.29, 0.717) is 18.4 Å². The summed E-state index contributed by atoms with van der Waals surface area (Å²) in [4.78, 5) is 4.26. The van der Waals surface area contributed by atoms with Gasteiger partial charge in [0.05, 0.1) is 13.2 Å². The summed E-state index contributed by atoms with van der Waals surface area (Å²) < 4.78 is 10.3. The molecule has 0 aromatic carbocycles. The van der Waals surface area contributed by atoms with E-state index < -0.39 is 0 Å². The van der Waals surface area contributed by atoms with Gasteiger partial charge in [-0.25, -0.2) is 0 Å². The van der Waals surface area contributed by atoms with Crippen LogP contribution < -0.4 is 5.32 Å². The molecular weight excluding hydrogens is 170 g/mol. The summed E-state index contributed by atoms with van der Waals surface area (Å²) >= 11 is 0. The highest BCUT2D eigenvalue weighted by Gasteiger charge is 2.22. The van der Waals surface area contributed by atoms with Crippen molar-refractivity contribution in [2.45, 2.75) is 18.9 Å². The molecule has 0 radical (unpaired) electrons. The largest absolute Gasteiger partial charge is 0.381 e. The van der Waals surface area contributed by atoms with Crippen molar-refractivity contribution >= 4 is 0 Å². The minimum atomic E-state index is 0.328. The molecule has 13 heavy (non-hydrogen) atoms. The first-order valence-corrected chi connectivity index (χ1v) is 4.45. The van der Waals surface area contributed by atoms with Gasteiger partial charge in [0.25, 0.3) is 0 Å². The smallest absolute Gasteiger partial charge is 0.240 e. The molecule has 1 aromatic heterocycles. The van der Waals surface area contributed by atoms with Crippen LogP contribution in [0.25, 0.3) is 0 Å². The number of ether oxygens (including phenoxy) is 1. The molecule has 5 heteroatoms. The first-order chi connectivity index (χ1) is 6.40. The topological polar surface area (TPSA) is 60.2 Å². The van der Waals surface area contributed by atoms with Gasteiger partial charge in [0.15, 0.2) is 5.82 Å². The van der Waals surface area contributed by atoms with E-state index in [-0.39, 0.29) is 0 Å². The van der Waals surface area contributed by atoms with Crippen LogP contribution in [0.4, 0.5) is 0 Å². The van der Waals surface area contributed by atoms with E-state index in [9.17, 15) is 0 Å². The molecule has 1 unspecified atom stereocenters. The molecule has 1 aromatic rings.